The number of halogens is 3. The fourth-order valence-electron chi connectivity index (χ4n) is 2.87. The highest BCUT2D eigenvalue weighted by molar-refractivity contribution is 6.24. The third-order valence-electron chi connectivity index (χ3n) is 4.23. The summed E-state index contributed by atoms with van der Waals surface area (Å²) in [6, 6.07) is 3.53. The first-order valence-electron chi connectivity index (χ1n) is 8.21. The molecule has 0 spiro atoms. The number of hydrogen-bond donors (Lipinski definition) is 3. The Morgan fingerprint density at radius 3 is 2.64 bits per heavy atom. The normalized spacial score (nSPS) is 19.1. The molecule has 0 bridgehead atoms. The van der Waals surface area contributed by atoms with E-state index >= 15 is 0 Å². The van der Waals surface area contributed by atoms with Crippen LogP contribution in [0.15, 0.2) is 36.8 Å². The van der Waals surface area contributed by atoms with Gasteiger partial charge in [-0.15, -0.1) is 0 Å². The average molecular weight is 394 g/mol. The van der Waals surface area contributed by atoms with Crippen LogP contribution in [0, 0.1) is 0 Å². The van der Waals surface area contributed by atoms with Crippen molar-refractivity contribution in [2.45, 2.75) is 25.1 Å². The second-order valence-electron chi connectivity index (χ2n) is 6.50. The van der Waals surface area contributed by atoms with Gasteiger partial charge in [-0.25, -0.2) is 9.97 Å². The molecule has 10 heteroatoms. The molecule has 0 unspecified atom stereocenters. The second-order valence-corrected chi connectivity index (χ2v) is 6.50. The molecule has 7 nitrogen and oxygen atoms in total. The Hall–Kier alpha value is -3.14. The lowest BCUT2D eigenvalue weighted by Gasteiger charge is -2.20. The molecule has 0 aliphatic carbocycles. The molecule has 0 saturated carbocycles. The minimum absolute atomic E-state index is 0.0165. The molecule has 3 rings (SSSR count). The second kappa shape index (κ2) is 7.12. The smallest absolute Gasteiger partial charge is 0.418 e. The molecule has 1 aliphatic heterocycles. The molecule has 2 aromatic rings. The van der Waals surface area contributed by atoms with Gasteiger partial charge in [-0.1, -0.05) is 0 Å². The molecule has 1 aliphatic rings. The van der Waals surface area contributed by atoms with Gasteiger partial charge in [-0.3, -0.25) is 4.79 Å². The zero-order valence-corrected chi connectivity index (χ0v) is 14.7. The number of hydrogen-bond acceptors (Lipinski definition) is 6. The Morgan fingerprint density at radius 1 is 1.39 bits per heavy atom. The van der Waals surface area contributed by atoms with Crippen LogP contribution < -0.4 is 15.8 Å². The van der Waals surface area contributed by atoms with Gasteiger partial charge in [0.2, 0.25) is 0 Å². The van der Waals surface area contributed by atoms with E-state index < -0.39 is 28.9 Å². The van der Waals surface area contributed by atoms with E-state index in [1.54, 1.807) is 6.92 Å². The molecule has 0 saturated heterocycles. The van der Waals surface area contributed by atoms with E-state index in [0.29, 0.717) is 5.56 Å². The Kier molecular flexibility index (Phi) is 4.99. The van der Waals surface area contributed by atoms with Gasteiger partial charge in [0.25, 0.3) is 5.91 Å². The monoisotopic (exact) mass is 394 g/mol. The van der Waals surface area contributed by atoms with Crippen molar-refractivity contribution < 1.29 is 27.8 Å². The lowest BCUT2D eigenvalue weighted by molar-refractivity contribution is -0.137. The van der Waals surface area contributed by atoms with Crippen LogP contribution >= 0.6 is 0 Å². The summed E-state index contributed by atoms with van der Waals surface area (Å²) in [4.78, 5) is 20.3. The summed E-state index contributed by atoms with van der Waals surface area (Å²) in [7, 11) is 0. The van der Waals surface area contributed by atoms with Crippen LogP contribution in [0.3, 0.4) is 0 Å². The maximum atomic E-state index is 13.5. The van der Waals surface area contributed by atoms with Crippen LogP contribution in [0.25, 0.3) is 5.57 Å². The minimum Gasteiger partial charge on any atom is -0.485 e. The van der Waals surface area contributed by atoms with Crippen molar-refractivity contribution in [2.24, 2.45) is 5.73 Å². The van der Waals surface area contributed by atoms with Crippen LogP contribution in [0.1, 0.15) is 23.9 Å². The van der Waals surface area contributed by atoms with E-state index in [1.165, 1.54) is 24.5 Å². The lowest BCUT2D eigenvalue weighted by atomic mass is 9.98. The number of anilines is 1. The molecular weight excluding hydrogens is 377 g/mol. The number of amides is 1. The van der Waals surface area contributed by atoms with Gasteiger partial charge in [0.1, 0.15) is 11.4 Å². The van der Waals surface area contributed by atoms with Gasteiger partial charge < -0.3 is 20.9 Å². The Morgan fingerprint density at radius 2 is 2.07 bits per heavy atom. The number of fused-ring (bicyclic) bond motifs is 1. The fraction of sp³-hybridized carbons (Fsp3) is 0.278. The van der Waals surface area contributed by atoms with E-state index in [9.17, 15) is 23.1 Å². The summed E-state index contributed by atoms with van der Waals surface area (Å²) in [5.74, 6) is -0.890. The summed E-state index contributed by atoms with van der Waals surface area (Å²) in [6.45, 7) is 1.22. The van der Waals surface area contributed by atoms with Crippen molar-refractivity contribution >= 4 is 17.2 Å². The number of aliphatic hydroxyl groups is 1. The molecule has 0 radical (unpaired) electrons. The molecule has 28 heavy (non-hydrogen) atoms. The predicted octanol–water partition coefficient (Wildman–Crippen LogP) is 2.12. The number of alkyl halides is 3. The van der Waals surface area contributed by atoms with Crippen molar-refractivity contribution in [1.29, 1.82) is 0 Å². The van der Waals surface area contributed by atoms with Crippen molar-refractivity contribution in [2.75, 3.05) is 11.9 Å². The molecular formula is C18H17F3N4O3. The highest BCUT2D eigenvalue weighted by Gasteiger charge is 2.40. The standard InChI is InChI=1S/C18H17F3N4O3/c1-17(9-26)7-10-5-13(12(18(19,20)21)6-14(10)28-17)25-16(27)11(8-22)15-23-3-2-4-24-15/h2-6,8,26H,7,9,22H2,1H3,(H,25,27)/b11-8+/t17-/m1/s1. The third kappa shape index (κ3) is 3.77. The van der Waals surface area contributed by atoms with Crippen LogP contribution in [0.5, 0.6) is 5.75 Å². The Bertz CT molecular complexity index is 932. The lowest BCUT2D eigenvalue weighted by Crippen LogP contribution is -2.34. The first kappa shape index (κ1) is 19.6. The zero-order valence-electron chi connectivity index (χ0n) is 14.7. The maximum Gasteiger partial charge on any atom is 0.418 e. The number of nitrogens with two attached hydrogens (primary N) is 1. The van der Waals surface area contributed by atoms with Crippen LogP contribution in [0.4, 0.5) is 18.9 Å². The summed E-state index contributed by atoms with van der Waals surface area (Å²) in [5.41, 5.74) is 3.17. The first-order valence-corrected chi connectivity index (χ1v) is 8.21. The number of rotatable bonds is 4. The van der Waals surface area contributed by atoms with Gasteiger partial charge >= 0.3 is 6.18 Å². The number of nitrogens with one attached hydrogen (secondary N) is 1. The summed E-state index contributed by atoms with van der Waals surface area (Å²) < 4.78 is 46.0. The first-order chi connectivity index (χ1) is 13.2. The highest BCUT2D eigenvalue weighted by Crippen LogP contribution is 2.43. The highest BCUT2D eigenvalue weighted by atomic mass is 19.4. The van der Waals surface area contributed by atoms with Crippen LogP contribution in [-0.4, -0.2) is 33.2 Å². The number of carbonyl (C=O) groups excluding carboxylic acids is 1. The number of nitrogens with zero attached hydrogens (tertiary/aromatic N) is 2. The molecule has 2 heterocycles. The molecule has 1 amide bonds. The van der Waals surface area contributed by atoms with Crippen LogP contribution in [-0.2, 0) is 17.4 Å². The van der Waals surface area contributed by atoms with Crippen molar-refractivity contribution in [3.05, 3.63) is 53.7 Å². The van der Waals surface area contributed by atoms with E-state index in [4.69, 9.17) is 10.5 Å². The number of ether oxygens (including phenoxy) is 1. The molecule has 4 N–H and O–H groups in total. The summed E-state index contributed by atoms with van der Waals surface area (Å²) in [5, 5.41) is 11.7. The quantitative estimate of drug-likeness (QED) is 0.685. The van der Waals surface area contributed by atoms with Gasteiger partial charge in [0.15, 0.2) is 5.82 Å². The third-order valence-corrected chi connectivity index (χ3v) is 4.23. The number of benzene rings is 1. The van der Waals surface area contributed by atoms with Gasteiger partial charge in [0.05, 0.1) is 23.4 Å². The number of aromatic nitrogens is 2. The molecule has 1 atom stereocenters. The Labute approximate surface area is 158 Å². The molecule has 1 aromatic heterocycles. The van der Waals surface area contributed by atoms with Gasteiger partial charge in [0, 0.05) is 30.6 Å². The molecule has 1 aromatic carbocycles. The largest absolute Gasteiger partial charge is 0.485 e. The van der Waals surface area contributed by atoms with Crippen molar-refractivity contribution in [3.63, 3.8) is 0 Å². The van der Waals surface area contributed by atoms with E-state index in [-0.39, 0.29) is 30.2 Å². The summed E-state index contributed by atoms with van der Waals surface area (Å²) in [6.07, 6.45) is -0.862. The topological polar surface area (TPSA) is 110 Å². The Balaban J connectivity index is 1.98. The molecule has 148 valence electrons. The minimum atomic E-state index is -4.74. The van der Waals surface area contributed by atoms with Crippen molar-refractivity contribution in [1.82, 2.24) is 9.97 Å². The van der Waals surface area contributed by atoms with E-state index in [0.717, 1.165) is 12.3 Å². The number of aliphatic hydroxyl groups excluding tert-OH is 1. The van der Waals surface area contributed by atoms with E-state index in [1.807, 2.05) is 0 Å². The van der Waals surface area contributed by atoms with E-state index in [2.05, 4.69) is 15.3 Å². The van der Waals surface area contributed by atoms with Gasteiger partial charge in [-0.05, 0) is 25.1 Å². The average Bonchev–Trinajstić information content (AvgIpc) is 2.98. The van der Waals surface area contributed by atoms with Gasteiger partial charge in [-0.2, -0.15) is 13.2 Å². The van der Waals surface area contributed by atoms with Crippen molar-refractivity contribution in [3.8, 4) is 5.75 Å². The maximum absolute atomic E-state index is 13.5. The molecule has 0 fully saturated rings. The predicted molar refractivity (Wildman–Crippen MR) is 94.1 cm³/mol. The SMILES string of the molecule is C[C@]1(CO)Cc2cc(NC(=O)/C(=C/N)c3ncccn3)c(C(F)(F)F)cc2O1. The number of carbonyl (C=O) groups is 1. The fourth-order valence-corrected chi connectivity index (χ4v) is 2.87. The zero-order chi connectivity index (χ0) is 20.5. The summed E-state index contributed by atoms with van der Waals surface area (Å²) >= 11 is 0. The van der Waals surface area contributed by atoms with Crippen LogP contribution in [0.2, 0.25) is 0 Å².